The van der Waals surface area contributed by atoms with Crippen molar-refractivity contribution in [1.29, 1.82) is 0 Å². The van der Waals surface area contributed by atoms with E-state index in [1.807, 2.05) is 49.3 Å². The van der Waals surface area contributed by atoms with Gasteiger partial charge in [0.2, 0.25) is 5.91 Å². The van der Waals surface area contributed by atoms with Crippen molar-refractivity contribution in [2.75, 3.05) is 38.5 Å². The van der Waals surface area contributed by atoms with Gasteiger partial charge in [-0.25, -0.2) is 4.98 Å². The molecule has 1 N–H and O–H groups in total. The largest absolute Gasteiger partial charge is 0.493 e. The Morgan fingerprint density at radius 1 is 1.12 bits per heavy atom. The van der Waals surface area contributed by atoms with E-state index in [2.05, 4.69) is 10.3 Å². The Hall–Kier alpha value is -2.76. The molecule has 128 valence electrons. The molecule has 2 aromatic rings. The number of amides is 1. The molecule has 0 saturated heterocycles. The summed E-state index contributed by atoms with van der Waals surface area (Å²) in [6.07, 6.45) is 2.66. The lowest BCUT2D eigenvalue weighted by atomic mass is 10.1. The fraction of sp³-hybridized carbons (Fsp3) is 0.333. The minimum absolute atomic E-state index is 0.0517. The molecule has 24 heavy (non-hydrogen) atoms. The number of aryl methyl sites for hydroxylation is 1. The first-order valence-electron chi connectivity index (χ1n) is 7.67. The quantitative estimate of drug-likeness (QED) is 0.846. The van der Waals surface area contributed by atoms with E-state index in [-0.39, 0.29) is 5.91 Å². The minimum atomic E-state index is -0.0517. The van der Waals surface area contributed by atoms with Gasteiger partial charge in [0.1, 0.15) is 5.82 Å². The van der Waals surface area contributed by atoms with Gasteiger partial charge in [0.05, 0.1) is 26.1 Å². The molecule has 0 radical (unpaired) electrons. The fourth-order valence-corrected chi connectivity index (χ4v) is 2.24. The van der Waals surface area contributed by atoms with E-state index in [1.54, 1.807) is 20.4 Å². The lowest BCUT2D eigenvalue weighted by Gasteiger charge is -2.12. The van der Waals surface area contributed by atoms with Crippen molar-refractivity contribution < 1.29 is 14.3 Å². The molecule has 0 aliphatic heterocycles. The number of rotatable bonds is 7. The fourth-order valence-electron chi connectivity index (χ4n) is 2.24. The normalized spacial score (nSPS) is 10.2. The van der Waals surface area contributed by atoms with E-state index in [0.717, 1.165) is 11.4 Å². The number of benzene rings is 1. The molecule has 0 bridgehead atoms. The molecule has 1 heterocycles. The summed E-state index contributed by atoms with van der Waals surface area (Å²) in [5.41, 5.74) is 1.71. The van der Waals surface area contributed by atoms with Gasteiger partial charge in [0.15, 0.2) is 11.5 Å². The van der Waals surface area contributed by atoms with Crippen LogP contribution in [0.3, 0.4) is 0 Å². The Morgan fingerprint density at radius 3 is 2.46 bits per heavy atom. The number of carbonyl (C=O) groups is 1. The summed E-state index contributed by atoms with van der Waals surface area (Å²) in [4.78, 5) is 18.3. The van der Waals surface area contributed by atoms with Gasteiger partial charge < -0.3 is 19.7 Å². The summed E-state index contributed by atoms with van der Waals surface area (Å²) in [6, 6.07) is 9.37. The van der Waals surface area contributed by atoms with E-state index < -0.39 is 0 Å². The maximum Gasteiger partial charge on any atom is 0.224 e. The molecule has 0 fully saturated rings. The predicted octanol–water partition coefficient (Wildman–Crippen LogP) is 2.74. The van der Waals surface area contributed by atoms with Gasteiger partial charge in [0, 0.05) is 20.5 Å². The number of methoxy groups -OCH3 is 2. The van der Waals surface area contributed by atoms with Crippen molar-refractivity contribution in [1.82, 2.24) is 4.98 Å². The SMILES string of the molecule is COc1ccc(CCC(=O)Nc2ccc(N(C)C)nc2)cc1OC. The molecule has 0 aliphatic carbocycles. The third kappa shape index (κ3) is 4.62. The van der Waals surface area contributed by atoms with Crippen LogP contribution in [-0.2, 0) is 11.2 Å². The Kier molecular flexibility index (Phi) is 6.01. The van der Waals surface area contributed by atoms with Crippen molar-refractivity contribution in [2.24, 2.45) is 0 Å². The van der Waals surface area contributed by atoms with Crippen LogP contribution in [0.1, 0.15) is 12.0 Å². The third-order valence-corrected chi connectivity index (χ3v) is 3.58. The Labute approximate surface area is 142 Å². The molecular weight excluding hydrogens is 306 g/mol. The Bertz CT molecular complexity index is 684. The van der Waals surface area contributed by atoms with Crippen LogP contribution in [0.15, 0.2) is 36.5 Å². The molecule has 1 aromatic carbocycles. The molecular formula is C18H23N3O3. The van der Waals surface area contributed by atoms with Crippen LogP contribution in [-0.4, -0.2) is 39.2 Å². The average Bonchev–Trinajstić information content (AvgIpc) is 2.60. The zero-order valence-electron chi connectivity index (χ0n) is 14.5. The first-order chi connectivity index (χ1) is 11.5. The van der Waals surface area contributed by atoms with Crippen molar-refractivity contribution in [3.63, 3.8) is 0 Å². The summed E-state index contributed by atoms with van der Waals surface area (Å²) in [5.74, 6) is 2.14. The maximum atomic E-state index is 12.1. The van der Waals surface area contributed by atoms with Crippen molar-refractivity contribution in [3.05, 3.63) is 42.1 Å². The molecule has 2 rings (SSSR count). The molecule has 1 amide bonds. The van der Waals surface area contributed by atoms with Crippen LogP contribution in [0.25, 0.3) is 0 Å². The van der Waals surface area contributed by atoms with Crippen LogP contribution in [0.5, 0.6) is 11.5 Å². The highest BCUT2D eigenvalue weighted by Crippen LogP contribution is 2.28. The summed E-state index contributed by atoms with van der Waals surface area (Å²) >= 11 is 0. The number of ether oxygens (including phenoxy) is 2. The second-order valence-corrected chi connectivity index (χ2v) is 5.54. The first-order valence-corrected chi connectivity index (χ1v) is 7.67. The molecule has 6 nitrogen and oxygen atoms in total. The molecule has 0 aliphatic rings. The van der Waals surface area contributed by atoms with E-state index in [1.165, 1.54) is 0 Å². The summed E-state index contributed by atoms with van der Waals surface area (Å²) < 4.78 is 10.5. The number of carbonyl (C=O) groups excluding carboxylic acids is 1. The van der Waals surface area contributed by atoms with Crippen molar-refractivity contribution in [2.45, 2.75) is 12.8 Å². The number of pyridine rings is 1. The van der Waals surface area contributed by atoms with Crippen LogP contribution < -0.4 is 19.7 Å². The van der Waals surface area contributed by atoms with Gasteiger partial charge in [-0.1, -0.05) is 6.07 Å². The Morgan fingerprint density at radius 2 is 1.88 bits per heavy atom. The number of nitrogens with zero attached hydrogens (tertiary/aromatic N) is 2. The molecule has 0 atom stereocenters. The van der Waals surface area contributed by atoms with Crippen LogP contribution in [0.4, 0.5) is 11.5 Å². The van der Waals surface area contributed by atoms with Crippen molar-refractivity contribution in [3.8, 4) is 11.5 Å². The highest BCUT2D eigenvalue weighted by molar-refractivity contribution is 5.90. The van der Waals surface area contributed by atoms with E-state index in [9.17, 15) is 4.79 Å². The number of anilines is 2. The number of hydrogen-bond donors (Lipinski definition) is 1. The van der Waals surface area contributed by atoms with Crippen LogP contribution in [0.2, 0.25) is 0 Å². The van der Waals surface area contributed by atoms with Gasteiger partial charge in [0.25, 0.3) is 0 Å². The second-order valence-electron chi connectivity index (χ2n) is 5.54. The third-order valence-electron chi connectivity index (χ3n) is 3.58. The average molecular weight is 329 g/mol. The van der Waals surface area contributed by atoms with Crippen molar-refractivity contribution >= 4 is 17.4 Å². The zero-order valence-corrected chi connectivity index (χ0v) is 14.5. The Balaban J connectivity index is 1.91. The number of hydrogen-bond acceptors (Lipinski definition) is 5. The molecule has 0 saturated carbocycles. The van der Waals surface area contributed by atoms with E-state index >= 15 is 0 Å². The lowest BCUT2D eigenvalue weighted by Crippen LogP contribution is -2.14. The standard InChI is InChI=1S/C18H23N3O3/c1-21(2)17-9-7-14(12-19-17)20-18(22)10-6-13-5-8-15(23-3)16(11-13)24-4/h5,7-9,11-12H,6,10H2,1-4H3,(H,20,22). The first kappa shape index (κ1) is 17.6. The van der Waals surface area contributed by atoms with Gasteiger partial charge in [-0.2, -0.15) is 0 Å². The second kappa shape index (κ2) is 8.19. The highest BCUT2D eigenvalue weighted by atomic mass is 16.5. The molecule has 0 spiro atoms. The molecule has 6 heteroatoms. The zero-order chi connectivity index (χ0) is 17.5. The number of aromatic nitrogens is 1. The van der Waals surface area contributed by atoms with Crippen LogP contribution in [0, 0.1) is 0 Å². The van der Waals surface area contributed by atoms with E-state index in [0.29, 0.717) is 30.0 Å². The highest BCUT2D eigenvalue weighted by Gasteiger charge is 2.08. The summed E-state index contributed by atoms with van der Waals surface area (Å²) in [5, 5.41) is 2.85. The van der Waals surface area contributed by atoms with Gasteiger partial charge >= 0.3 is 0 Å². The van der Waals surface area contributed by atoms with Gasteiger partial charge in [-0.15, -0.1) is 0 Å². The molecule has 1 aromatic heterocycles. The topological polar surface area (TPSA) is 63.7 Å². The lowest BCUT2D eigenvalue weighted by molar-refractivity contribution is -0.116. The summed E-state index contributed by atoms with van der Waals surface area (Å²) in [6.45, 7) is 0. The van der Waals surface area contributed by atoms with Gasteiger partial charge in [-0.3, -0.25) is 4.79 Å². The van der Waals surface area contributed by atoms with Crippen LogP contribution >= 0.6 is 0 Å². The monoisotopic (exact) mass is 329 g/mol. The summed E-state index contributed by atoms with van der Waals surface area (Å²) in [7, 11) is 7.03. The molecule has 0 unspecified atom stereocenters. The van der Waals surface area contributed by atoms with Gasteiger partial charge in [-0.05, 0) is 36.2 Å². The number of nitrogens with one attached hydrogen (secondary N) is 1. The maximum absolute atomic E-state index is 12.1. The smallest absolute Gasteiger partial charge is 0.224 e. The van der Waals surface area contributed by atoms with E-state index in [4.69, 9.17) is 9.47 Å². The predicted molar refractivity (Wildman–Crippen MR) is 95.1 cm³/mol. The minimum Gasteiger partial charge on any atom is -0.493 e.